The molecule has 4 aromatic rings. The van der Waals surface area contributed by atoms with Crippen LogP contribution in [-0.4, -0.2) is 28.5 Å². The highest BCUT2D eigenvalue weighted by molar-refractivity contribution is 14.1. The molecular formula is C40H29BrINO5. The molecule has 2 fully saturated rings. The first-order valence-corrected chi connectivity index (χ1v) is 17.8. The molecule has 0 bridgehead atoms. The minimum absolute atomic E-state index is 0.00615. The molecule has 6 nitrogen and oxygen atoms in total. The lowest BCUT2D eigenvalue weighted by Gasteiger charge is -2.55. The number of phenolic OH excluding ortho intramolecular Hbond substituents is 1. The van der Waals surface area contributed by atoms with E-state index in [-0.39, 0.29) is 35.6 Å². The first kappa shape index (κ1) is 31.1. The number of anilines is 1. The van der Waals surface area contributed by atoms with Gasteiger partial charge in [-0.1, -0.05) is 88.2 Å². The number of imide groups is 1. The van der Waals surface area contributed by atoms with E-state index in [9.17, 15) is 19.5 Å². The van der Waals surface area contributed by atoms with Crippen LogP contribution in [0.15, 0.2) is 125 Å². The van der Waals surface area contributed by atoms with Gasteiger partial charge in [-0.2, -0.15) is 0 Å². The van der Waals surface area contributed by atoms with E-state index in [4.69, 9.17) is 0 Å². The zero-order valence-electron chi connectivity index (χ0n) is 25.6. The number of Topliss-reactive ketones (excluding diaryl/α,β-unsaturated/α-hetero) is 1. The van der Waals surface area contributed by atoms with E-state index in [1.807, 2.05) is 84.9 Å². The van der Waals surface area contributed by atoms with Gasteiger partial charge in [0.05, 0.1) is 22.9 Å². The molecule has 1 saturated carbocycles. The smallest absolute Gasteiger partial charge is 0.238 e. The number of aromatic hydroxyl groups is 1. The number of phenols is 1. The molecule has 0 radical (unpaired) electrons. The lowest BCUT2D eigenvalue weighted by Crippen LogP contribution is -2.58. The van der Waals surface area contributed by atoms with Crippen LogP contribution in [-0.2, 0) is 24.6 Å². The fourth-order valence-corrected chi connectivity index (χ4v) is 9.56. The standard InChI is InChI=1S/C40H29BrINO5/c41-24-11-18-33(44)31(19-24)36-27-16-17-28-35(39(48)43(38(28)47)26-14-12-25(42)13-15-26)30(27)20-32-37(46)29(22-7-3-1-4-8-22)21-34(45)40(32,36)23-9-5-2-6-10-23/h1-16,18-19,21,28,30,32,35-36,44H,17,20H2. The van der Waals surface area contributed by atoms with Gasteiger partial charge in [-0.25, -0.2) is 0 Å². The van der Waals surface area contributed by atoms with E-state index in [0.717, 1.165) is 9.14 Å². The Morgan fingerprint density at radius 1 is 0.812 bits per heavy atom. The number of amides is 2. The van der Waals surface area contributed by atoms with Gasteiger partial charge in [0.2, 0.25) is 11.8 Å². The van der Waals surface area contributed by atoms with Crippen LogP contribution < -0.4 is 4.90 Å². The lowest BCUT2D eigenvalue weighted by atomic mass is 9.44. The van der Waals surface area contributed by atoms with Gasteiger partial charge in [0.15, 0.2) is 11.6 Å². The summed E-state index contributed by atoms with van der Waals surface area (Å²) in [5.74, 6) is -4.41. The van der Waals surface area contributed by atoms with Crippen molar-refractivity contribution in [3.05, 3.63) is 146 Å². The van der Waals surface area contributed by atoms with Crippen molar-refractivity contribution in [1.29, 1.82) is 0 Å². The van der Waals surface area contributed by atoms with Crippen LogP contribution in [0.2, 0.25) is 0 Å². The number of carbonyl (C=O) groups excluding carboxylic acids is 4. The molecule has 2 amide bonds. The summed E-state index contributed by atoms with van der Waals surface area (Å²) in [6, 6.07) is 31.0. The highest BCUT2D eigenvalue weighted by Gasteiger charge is 2.66. The minimum Gasteiger partial charge on any atom is -0.508 e. The van der Waals surface area contributed by atoms with Crippen molar-refractivity contribution in [1.82, 2.24) is 0 Å². The van der Waals surface area contributed by atoms with E-state index in [1.54, 1.807) is 24.3 Å². The molecule has 1 heterocycles. The largest absolute Gasteiger partial charge is 0.508 e. The minimum atomic E-state index is -1.40. The summed E-state index contributed by atoms with van der Waals surface area (Å²) in [6.45, 7) is 0. The topological polar surface area (TPSA) is 91.8 Å². The van der Waals surface area contributed by atoms with Crippen LogP contribution in [0.5, 0.6) is 5.75 Å². The number of hydrogen-bond acceptors (Lipinski definition) is 5. The van der Waals surface area contributed by atoms with Gasteiger partial charge in [0, 0.05) is 31.0 Å². The molecular weight excluding hydrogens is 781 g/mol. The SMILES string of the molecule is O=C1C(c2ccccc2)=CC(=O)C2(c3ccccc3)C1CC1C(=CCC3C(=O)N(c4ccc(I)cc4)C(=O)C31)C2c1cc(Br)ccc1O. The number of hydrogen-bond donors (Lipinski definition) is 1. The van der Waals surface area contributed by atoms with Crippen molar-refractivity contribution in [2.45, 2.75) is 24.2 Å². The number of carbonyl (C=O) groups is 4. The third kappa shape index (κ3) is 4.55. The van der Waals surface area contributed by atoms with Crippen molar-refractivity contribution in [2.24, 2.45) is 23.7 Å². The number of fused-ring (bicyclic) bond motifs is 4. The Bertz CT molecular complexity index is 2080. The number of rotatable bonds is 4. The fourth-order valence-electron chi connectivity index (χ4n) is 8.82. The van der Waals surface area contributed by atoms with Gasteiger partial charge in [-0.05, 0) is 101 Å². The summed E-state index contributed by atoms with van der Waals surface area (Å²) < 4.78 is 1.69. The summed E-state index contributed by atoms with van der Waals surface area (Å²) in [5.41, 5.74) is 2.10. The molecule has 3 aliphatic carbocycles. The Morgan fingerprint density at radius 3 is 2.21 bits per heavy atom. The normalized spacial score (nSPS) is 28.0. The van der Waals surface area contributed by atoms with Crippen molar-refractivity contribution >= 4 is 73.2 Å². The van der Waals surface area contributed by atoms with Crippen molar-refractivity contribution in [2.75, 3.05) is 4.90 Å². The molecule has 4 aromatic carbocycles. The summed E-state index contributed by atoms with van der Waals surface area (Å²) in [4.78, 5) is 59.8. The quantitative estimate of drug-likeness (QED) is 0.129. The molecule has 8 heteroatoms. The molecule has 1 saturated heterocycles. The Kier molecular flexibility index (Phi) is 7.64. The molecule has 0 spiro atoms. The van der Waals surface area contributed by atoms with Crippen molar-refractivity contribution in [3.63, 3.8) is 0 Å². The van der Waals surface area contributed by atoms with Gasteiger partial charge in [-0.15, -0.1) is 0 Å². The average molecular weight is 810 g/mol. The van der Waals surface area contributed by atoms with Crippen LogP contribution >= 0.6 is 38.5 Å². The molecule has 6 atom stereocenters. The summed E-state index contributed by atoms with van der Waals surface area (Å²) in [5, 5.41) is 11.5. The molecule has 4 aliphatic rings. The molecule has 1 N–H and O–H groups in total. The maximum atomic E-state index is 15.1. The summed E-state index contributed by atoms with van der Waals surface area (Å²) in [6.07, 6.45) is 4.02. The second kappa shape index (κ2) is 11.8. The average Bonchev–Trinajstić information content (AvgIpc) is 3.36. The molecule has 48 heavy (non-hydrogen) atoms. The van der Waals surface area contributed by atoms with E-state index in [1.165, 1.54) is 11.0 Å². The van der Waals surface area contributed by atoms with Gasteiger partial charge in [0.25, 0.3) is 0 Å². The van der Waals surface area contributed by atoms with E-state index >= 15 is 4.79 Å². The third-order valence-corrected chi connectivity index (χ3v) is 12.0. The van der Waals surface area contributed by atoms with Gasteiger partial charge in [0.1, 0.15) is 5.75 Å². The Labute approximate surface area is 299 Å². The second-order valence-corrected chi connectivity index (χ2v) is 15.1. The number of benzene rings is 4. The monoisotopic (exact) mass is 809 g/mol. The third-order valence-electron chi connectivity index (χ3n) is 10.8. The number of ketones is 2. The van der Waals surface area contributed by atoms with E-state index in [2.05, 4.69) is 38.5 Å². The van der Waals surface area contributed by atoms with Gasteiger partial charge in [-0.3, -0.25) is 24.1 Å². The molecule has 0 aromatic heterocycles. The Morgan fingerprint density at radius 2 is 1.50 bits per heavy atom. The van der Waals surface area contributed by atoms with Crippen LogP contribution in [0.25, 0.3) is 5.57 Å². The van der Waals surface area contributed by atoms with E-state index in [0.29, 0.717) is 38.8 Å². The van der Waals surface area contributed by atoms with Gasteiger partial charge < -0.3 is 5.11 Å². The molecule has 6 unspecified atom stereocenters. The lowest BCUT2D eigenvalue weighted by molar-refractivity contribution is -0.135. The zero-order valence-corrected chi connectivity index (χ0v) is 29.3. The Hall–Kier alpha value is -4.15. The highest BCUT2D eigenvalue weighted by atomic mass is 127. The van der Waals surface area contributed by atoms with Crippen LogP contribution in [0.1, 0.15) is 35.4 Å². The van der Waals surface area contributed by atoms with Crippen LogP contribution in [0.4, 0.5) is 5.69 Å². The molecule has 238 valence electrons. The highest BCUT2D eigenvalue weighted by Crippen LogP contribution is 2.64. The Balaban J connectivity index is 1.37. The van der Waals surface area contributed by atoms with E-state index < -0.39 is 35.0 Å². The fraction of sp³-hybridized carbons (Fsp3) is 0.200. The number of halogens is 2. The zero-order chi connectivity index (χ0) is 33.3. The predicted molar refractivity (Wildman–Crippen MR) is 194 cm³/mol. The molecule has 8 rings (SSSR count). The van der Waals surface area contributed by atoms with Crippen LogP contribution in [0.3, 0.4) is 0 Å². The van der Waals surface area contributed by atoms with Crippen molar-refractivity contribution < 1.29 is 24.3 Å². The second-order valence-electron chi connectivity index (χ2n) is 13.0. The first-order valence-electron chi connectivity index (χ1n) is 15.9. The predicted octanol–water partition coefficient (Wildman–Crippen LogP) is 7.79. The first-order chi connectivity index (χ1) is 23.2. The molecule has 1 aliphatic heterocycles. The summed E-state index contributed by atoms with van der Waals surface area (Å²) >= 11 is 5.77. The number of nitrogens with zero attached hydrogens (tertiary/aromatic N) is 1. The van der Waals surface area contributed by atoms with Gasteiger partial charge >= 0.3 is 0 Å². The maximum Gasteiger partial charge on any atom is 0.238 e. The summed E-state index contributed by atoms with van der Waals surface area (Å²) in [7, 11) is 0. The van der Waals surface area contributed by atoms with Crippen molar-refractivity contribution in [3.8, 4) is 5.75 Å². The number of allylic oxidation sites excluding steroid dienone is 4. The van der Waals surface area contributed by atoms with Crippen LogP contribution in [0, 0.1) is 27.2 Å². The maximum absolute atomic E-state index is 15.1.